The molecule has 1 fully saturated rings. The topological polar surface area (TPSA) is 59.0 Å². The third-order valence-electron chi connectivity index (χ3n) is 5.34. The zero-order chi connectivity index (χ0) is 18.9. The van der Waals surface area contributed by atoms with Crippen LogP contribution >= 0.6 is 0 Å². The summed E-state index contributed by atoms with van der Waals surface area (Å²) in [4.78, 5) is 12.9. The van der Waals surface area contributed by atoms with Crippen LogP contribution in [0, 0.1) is 5.92 Å². The Morgan fingerprint density at radius 3 is 2.54 bits per heavy atom. The second kappa shape index (κ2) is 7.23. The van der Waals surface area contributed by atoms with Gasteiger partial charge in [-0.15, -0.1) is 0 Å². The standard InChI is InChI=1S/C21H30N4O/c1-14(15-6-8-17(9-7-15)21(2,3)4)24-20(26)19-12-22-11-18(19)16-10-23-25(5)13-16/h6-10,13-14,18-19,22H,11-12H2,1-5H3,(H,24,26)/t14?,18-,19+/m1/s1. The van der Waals surface area contributed by atoms with E-state index >= 15 is 0 Å². The average Bonchev–Trinajstić information content (AvgIpc) is 3.22. The van der Waals surface area contributed by atoms with Gasteiger partial charge < -0.3 is 10.6 Å². The van der Waals surface area contributed by atoms with Crippen LogP contribution in [-0.4, -0.2) is 28.8 Å². The van der Waals surface area contributed by atoms with Crippen molar-refractivity contribution in [2.24, 2.45) is 13.0 Å². The summed E-state index contributed by atoms with van der Waals surface area (Å²) in [7, 11) is 1.91. The van der Waals surface area contributed by atoms with Crippen molar-refractivity contribution in [3.63, 3.8) is 0 Å². The Morgan fingerprint density at radius 1 is 1.27 bits per heavy atom. The number of carbonyl (C=O) groups excluding carboxylic acids is 1. The highest BCUT2D eigenvalue weighted by atomic mass is 16.2. The van der Waals surface area contributed by atoms with Gasteiger partial charge in [0.1, 0.15) is 0 Å². The Balaban J connectivity index is 1.67. The molecule has 1 aromatic heterocycles. The van der Waals surface area contributed by atoms with Gasteiger partial charge >= 0.3 is 0 Å². The van der Waals surface area contributed by atoms with Crippen molar-refractivity contribution < 1.29 is 4.79 Å². The Labute approximate surface area is 156 Å². The van der Waals surface area contributed by atoms with Crippen LogP contribution in [0.15, 0.2) is 36.7 Å². The van der Waals surface area contributed by atoms with Crippen molar-refractivity contribution in [3.05, 3.63) is 53.3 Å². The minimum absolute atomic E-state index is 0.00772. The highest BCUT2D eigenvalue weighted by molar-refractivity contribution is 5.81. The molecule has 0 bridgehead atoms. The summed E-state index contributed by atoms with van der Waals surface area (Å²) < 4.78 is 1.79. The van der Waals surface area contributed by atoms with Crippen LogP contribution < -0.4 is 10.6 Å². The number of rotatable bonds is 4. The molecule has 1 unspecified atom stereocenters. The number of benzene rings is 1. The monoisotopic (exact) mass is 354 g/mol. The summed E-state index contributed by atoms with van der Waals surface area (Å²) in [5.74, 6) is 0.228. The number of carbonyl (C=O) groups is 1. The first-order valence-corrected chi connectivity index (χ1v) is 9.36. The third-order valence-corrected chi connectivity index (χ3v) is 5.34. The number of amides is 1. The SMILES string of the molecule is CC(NC(=O)[C@H]1CNC[C@@H]1c1cnn(C)c1)c1ccc(C(C)(C)C)cc1. The van der Waals surface area contributed by atoms with Gasteiger partial charge in [-0.3, -0.25) is 9.48 Å². The Bertz CT molecular complexity index is 757. The highest BCUT2D eigenvalue weighted by Crippen LogP contribution is 2.29. The van der Waals surface area contributed by atoms with Crippen molar-refractivity contribution in [1.29, 1.82) is 0 Å². The fraction of sp³-hybridized carbons (Fsp3) is 0.524. The number of hydrogen-bond acceptors (Lipinski definition) is 3. The fourth-order valence-electron chi connectivity index (χ4n) is 3.61. The number of aromatic nitrogens is 2. The molecule has 3 atom stereocenters. The summed E-state index contributed by atoms with van der Waals surface area (Å²) in [5, 5.41) is 10.8. The molecule has 140 valence electrons. The molecule has 0 radical (unpaired) electrons. The van der Waals surface area contributed by atoms with E-state index in [1.807, 2.05) is 26.4 Å². The van der Waals surface area contributed by atoms with Crippen LogP contribution in [0.3, 0.4) is 0 Å². The largest absolute Gasteiger partial charge is 0.349 e. The second-order valence-corrected chi connectivity index (χ2v) is 8.42. The Morgan fingerprint density at radius 2 is 1.96 bits per heavy atom. The third kappa shape index (κ3) is 3.98. The van der Waals surface area contributed by atoms with E-state index in [4.69, 9.17) is 0 Å². The first-order valence-electron chi connectivity index (χ1n) is 9.36. The molecule has 1 amide bonds. The predicted octanol–water partition coefficient (Wildman–Crippen LogP) is 2.90. The van der Waals surface area contributed by atoms with Gasteiger partial charge in [0.25, 0.3) is 0 Å². The smallest absolute Gasteiger partial charge is 0.225 e. The zero-order valence-electron chi connectivity index (χ0n) is 16.4. The maximum atomic E-state index is 12.9. The van der Waals surface area contributed by atoms with E-state index in [0.717, 1.165) is 17.7 Å². The van der Waals surface area contributed by atoms with E-state index in [9.17, 15) is 4.79 Å². The van der Waals surface area contributed by atoms with Crippen molar-refractivity contribution in [1.82, 2.24) is 20.4 Å². The lowest BCUT2D eigenvalue weighted by molar-refractivity contribution is -0.125. The molecule has 2 heterocycles. The number of hydrogen-bond donors (Lipinski definition) is 2. The highest BCUT2D eigenvalue weighted by Gasteiger charge is 2.35. The van der Waals surface area contributed by atoms with E-state index in [1.54, 1.807) is 4.68 Å². The van der Waals surface area contributed by atoms with Gasteiger partial charge in [-0.2, -0.15) is 5.10 Å². The lowest BCUT2D eigenvalue weighted by Gasteiger charge is -2.22. The normalized spacial score (nSPS) is 21.6. The molecule has 0 saturated carbocycles. The molecule has 5 heteroatoms. The zero-order valence-corrected chi connectivity index (χ0v) is 16.4. The molecule has 5 nitrogen and oxygen atoms in total. The Kier molecular flexibility index (Phi) is 5.19. The number of aryl methyl sites for hydroxylation is 1. The lowest BCUT2D eigenvalue weighted by atomic mass is 9.86. The molecule has 1 aromatic carbocycles. The molecule has 0 spiro atoms. The maximum Gasteiger partial charge on any atom is 0.225 e. The van der Waals surface area contributed by atoms with Crippen LogP contribution in [0.5, 0.6) is 0 Å². The molecule has 1 aliphatic heterocycles. The summed E-state index contributed by atoms with van der Waals surface area (Å²) in [5.41, 5.74) is 3.70. The van der Waals surface area contributed by atoms with Crippen LogP contribution in [0.1, 0.15) is 56.3 Å². The quantitative estimate of drug-likeness (QED) is 0.888. The molecular formula is C21H30N4O. The van der Waals surface area contributed by atoms with Crippen molar-refractivity contribution in [2.45, 2.75) is 45.1 Å². The van der Waals surface area contributed by atoms with Gasteiger partial charge in [-0.05, 0) is 29.0 Å². The first-order chi connectivity index (χ1) is 12.3. The van der Waals surface area contributed by atoms with Crippen LogP contribution in [-0.2, 0) is 17.3 Å². The molecule has 2 N–H and O–H groups in total. The maximum absolute atomic E-state index is 12.9. The molecule has 1 saturated heterocycles. The van der Waals surface area contributed by atoms with Gasteiger partial charge in [0, 0.05) is 32.3 Å². The van der Waals surface area contributed by atoms with Crippen molar-refractivity contribution in [2.75, 3.05) is 13.1 Å². The van der Waals surface area contributed by atoms with E-state index in [0.29, 0.717) is 6.54 Å². The fourth-order valence-corrected chi connectivity index (χ4v) is 3.61. The summed E-state index contributed by atoms with van der Waals surface area (Å²) in [6, 6.07) is 8.56. The lowest BCUT2D eigenvalue weighted by Crippen LogP contribution is -2.36. The Hall–Kier alpha value is -2.14. The minimum Gasteiger partial charge on any atom is -0.349 e. The summed E-state index contributed by atoms with van der Waals surface area (Å²) in [6.45, 7) is 10.2. The number of nitrogens with zero attached hydrogens (tertiary/aromatic N) is 2. The second-order valence-electron chi connectivity index (χ2n) is 8.42. The number of nitrogens with one attached hydrogen (secondary N) is 2. The first kappa shape index (κ1) is 18.6. The molecular weight excluding hydrogens is 324 g/mol. The summed E-state index contributed by atoms with van der Waals surface area (Å²) >= 11 is 0. The van der Waals surface area contributed by atoms with E-state index in [2.05, 4.69) is 60.8 Å². The van der Waals surface area contributed by atoms with Gasteiger partial charge in [0.05, 0.1) is 18.2 Å². The van der Waals surface area contributed by atoms with Crippen molar-refractivity contribution >= 4 is 5.91 Å². The molecule has 3 rings (SSSR count). The van der Waals surface area contributed by atoms with Crippen LogP contribution in [0.2, 0.25) is 0 Å². The van der Waals surface area contributed by atoms with Gasteiger partial charge in [0.15, 0.2) is 0 Å². The summed E-state index contributed by atoms with van der Waals surface area (Å²) in [6.07, 6.45) is 3.87. The molecule has 0 aliphatic carbocycles. The van der Waals surface area contributed by atoms with Crippen molar-refractivity contribution in [3.8, 4) is 0 Å². The van der Waals surface area contributed by atoms with Crippen LogP contribution in [0.4, 0.5) is 0 Å². The van der Waals surface area contributed by atoms with Gasteiger partial charge in [-0.25, -0.2) is 0 Å². The minimum atomic E-state index is -0.0597. The van der Waals surface area contributed by atoms with Crippen LogP contribution in [0.25, 0.3) is 0 Å². The predicted molar refractivity (Wildman–Crippen MR) is 104 cm³/mol. The molecule has 26 heavy (non-hydrogen) atoms. The average molecular weight is 354 g/mol. The molecule has 2 aromatic rings. The van der Waals surface area contributed by atoms with Gasteiger partial charge in [0.2, 0.25) is 5.91 Å². The van der Waals surface area contributed by atoms with E-state index in [1.165, 1.54) is 5.56 Å². The van der Waals surface area contributed by atoms with Gasteiger partial charge in [-0.1, -0.05) is 45.0 Å². The van der Waals surface area contributed by atoms with E-state index in [-0.39, 0.29) is 29.2 Å². The van der Waals surface area contributed by atoms with E-state index < -0.39 is 0 Å². The molecule has 1 aliphatic rings.